The summed E-state index contributed by atoms with van der Waals surface area (Å²) in [5.74, 6) is -4.01. The molecule has 3 rings (SSSR count). The van der Waals surface area contributed by atoms with E-state index in [0.29, 0.717) is 6.54 Å². The van der Waals surface area contributed by atoms with Gasteiger partial charge in [0.05, 0.1) is 12.6 Å². The highest BCUT2D eigenvalue weighted by molar-refractivity contribution is 7.09. The van der Waals surface area contributed by atoms with Crippen molar-refractivity contribution >= 4 is 51.5 Å². The van der Waals surface area contributed by atoms with E-state index in [1.54, 1.807) is 0 Å². The Morgan fingerprint density at radius 3 is 2.79 bits per heavy atom. The monoisotopic (exact) mass is 392 g/mol. The van der Waals surface area contributed by atoms with Crippen LogP contribution in [0.15, 0.2) is 21.9 Å². The zero-order valence-electron chi connectivity index (χ0n) is 12.3. The number of nitrogens with two attached hydrogens (primary N) is 1. The summed E-state index contributed by atoms with van der Waals surface area (Å²) in [6.45, 7) is 1.59. The molecule has 0 radical (unpaired) electrons. The number of halogens is 4. The normalized spacial score (nSPS) is 13.4. The molecule has 0 spiro atoms. The first-order chi connectivity index (χ1) is 11.3. The minimum absolute atomic E-state index is 0.0104. The Bertz CT molecular complexity index is 867. The van der Waals surface area contributed by atoms with Crippen molar-refractivity contribution < 1.29 is 13.2 Å². The average Bonchev–Trinajstić information content (AvgIpc) is 3.14. The second-order valence-electron chi connectivity index (χ2n) is 5.11. The Kier molecular flexibility index (Phi) is 4.65. The van der Waals surface area contributed by atoms with Crippen molar-refractivity contribution in [1.82, 2.24) is 9.97 Å². The first-order valence-electron chi connectivity index (χ1n) is 6.86. The Morgan fingerprint density at radius 1 is 1.42 bits per heavy atom. The van der Waals surface area contributed by atoms with Crippen LogP contribution in [0.2, 0.25) is 10.3 Å². The molecular formula is C14H12Cl2F2N4OS. The van der Waals surface area contributed by atoms with Gasteiger partial charge in [0.25, 0.3) is 0 Å². The Hall–Kier alpha value is -1.48. The number of fused-ring (bicyclic) bond motifs is 1. The molecule has 24 heavy (non-hydrogen) atoms. The van der Waals surface area contributed by atoms with Gasteiger partial charge in [0, 0.05) is 4.88 Å². The summed E-state index contributed by atoms with van der Waals surface area (Å²) < 4.78 is 33.7. The summed E-state index contributed by atoms with van der Waals surface area (Å²) in [5, 5.41) is 4.47. The molecule has 0 aliphatic rings. The summed E-state index contributed by atoms with van der Waals surface area (Å²) in [5.41, 5.74) is 5.36. The van der Waals surface area contributed by atoms with E-state index < -0.39 is 17.7 Å². The van der Waals surface area contributed by atoms with Gasteiger partial charge in [-0.15, -0.1) is 11.3 Å². The van der Waals surface area contributed by atoms with Crippen LogP contribution in [0.4, 0.5) is 14.6 Å². The van der Waals surface area contributed by atoms with Gasteiger partial charge in [-0.2, -0.15) is 13.8 Å². The van der Waals surface area contributed by atoms with Crippen molar-refractivity contribution in [1.29, 1.82) is 0 Å². The van der Waals surface area contributed by atoms with E-state index in [0.717, 1.165) is 11.8 Å². The maximum atomic E-state index is 14.2. The predicted molar refractivity (Wildman–Crippen MR) is 91.0 cm³/mol. The van der Waals surface area contributed by atoms with Crippen molar-refractivity contribution in [3.8, 4) is 0 Å². The van der Waals surface area contributed by atoms with Crippen LogP contribution in [0.3, 0.4) is 0 Å². The molecule has 0 fully saturated rings. The lowest BCUT2D eigenvalue weighted by molar-refractivity contribution is -0.0442. The molecule has 0 saturated carbocycles. The lowest BCUT2D eigenvalue weighted by atomic mass is 10.1. The van der Waals surface area contributed by atoms with Crippen LogP contribution in [0.5, 0.6) is 0 Å². The van der Waals surface area contributed by atoms with Gasteiger partial charge < -0.3 is 15.5 Å². The highest BCUT2D eigenvalue weighted by Crippen LogP contribution is 2.42. The number of rotatable bonds is 5. The van der Waals surface area contributed by atoms with Gasteiger partial charge in [-0.25, -0.2) is 4.98 Å². The standard InChI is InChI=1S/C14H12Cl2F2N4OS/c1-6(19)14(17,18)11-8(15)9-10(23-11)12(22-13(16)21-9)20-5-7-3-2-4-24-7/h2-4,6H,5,19H2,1H3,(H,20,21,22)/t6-/m0/s1. The number of hydrogen-bond donors (Lipinski definition) is 2. The van der Waals surface area contributed by atoms with Gasteiger partial charge in [-0.3, -0.25) is 0 Å². The van der Waals surface area contributed by atoms with Gasteiger partial charge in [0.2, 0.25) is 5.28 Å². The quantitative estimate of drug-likeness (QED) is 0.618. The molecule has 0 amide bonds. The third kappa shape index (κ3) is 3.06. The van der Waals surface area contributed by atoms with Crippen LogP contribution in [0.1, 0.15) is 17.6 Å². The molecular weight excluding hydrogens is 381 g/mol. The molecule has 0 saturated heterocycles. The maximum absolute atomic E-state index is 14.2. The summed E-state index contributed by atoms with van der Waals surface area (Å²) in [6, 6.07) is 2.33. The third-order valence-corrected chi connectivity index (χ3v) is 4.73. The average molecular weight is 393 g/mol. The third-order valence-electron chi connectivity index (χ3n) is 3.33. The molecule has 0 bridgehead atoms. The first-order valence-corrected chi connectivity index (χ1v) is 8.50. The smallest absolute Gasteiger partial charge is 0.320 e. The highest BCUT2D eigenvalue weighted by Gasteiger charge is 2.43. The minimum Gasteiger partial charge on any atom is -0.447 e. The summed E-state index contributed by atoms with van der Waals surface area (Å²) in [6.07, 6.45) is 0. The molecule has 0 unspecified atom stereocenters. The molecule has 10 heteroatoms. The zero-order chi connectivity index (χ0) is 17.5. The SMILES string of the molecule is C[C@H](N)C(F)(F)c1oc2c(NCc3cccs3)nc(Cl)nc2c1Cl. The van der Waals surface area contributed by atoms with E-state index in [9.17, 15) is 8.78 Å². The van der Waals surface area contributed by atoms with Crippen LogP contribution >= 0.6 is 34.5 Å². The van der Waals surface area contributed by atoms with Crippen molar-refractivity contribution in [2.75, 3.05) is 5.32 Å². The van der Waals surface area contributed by atoms with E-state index in [2.05, 4.69) is 15.3 Å². The van der Waals surface area contributed by atoms with Crippen LogP contribution < -0.4 is 11.1 Å². The van der Waals surface area contributed by atoms with Gasteiger partial charge in [0.1, 0.15) is 10.5 Å². The second-order valence-corrected chi connectivity index (χ2v) is 6.86. The maximum Gasteiger partial charge on any atom is 0.320 e. The summed E-state index contributed by atoms with van der Waals surface area (Å²) >= 11 is 13.4. The molecule has 0 aliphatic carbocycles. The van der Waals surface area contributed by atoms with E-state index >= 15 is 0 Å². The summed E-state index contributed by atoms with van der Waals surface area (Å²) in [4.78, 5) is 8.92. The van der Waals surface area contributed by atoms with Gasteiger partial charge in [-0.1, -0.05) is 17.7 Å². The molecule has 0 aliphatic heterocycles. The molecule has 1 atom stereocenters. The van der Waals surface area contributed by atoms with Crippen molar-refractivity contribution in [3.63, 3.8) is 0 Å². The number of aromatic nitrogens is 2. The van der Waals surface area contributed by atoms with E-state index in [-0.39, 0.29) is 27.2 Å². The lowest BCUT2D eigenvalue weighted by Crippen LogP contribution is -2.35. The van der Waals surface area contributed by atoms with Gasteiger partial charge in [-0.05, 0) is 30.0 Å². The molecule has 3 aromatic heterocycles. The number of nitrogens with one attached hydrogen (secondary N) is 1. The fraction of sp³-hybridized carbons (Fsp3) is 0.286. The van der Waals surface area contributed by atoms with Crippen molar-refractivity contribution in [3.05, 3.63) is 38.5 Å². The van der Waals surface area contributed by atoms with E-state index in [1.165, 1.54) is 11.3 Å². The van der Waals surface area contributed by atoms with Crippen LogP contribution in [-0.2, 0) is 12.5 Å². The molecule has 0 aromatic carbocycles. The fourth-order valence-electron chi connectivity index (χ4n) is 2.05. The molecule has 3 aromatic rings. The van der Waals surface area contributed by atoms with Crippen LogP contribution in [0.25, 0.3) is 11.1 Å². The van der Waals surface area contributed by atoms with Crippen LogP contribution in [-0.4, -0.2) is 16.0 Å². The number of furan rings is 1. The predicted octanol–water partition coefficient (Wildman–Crippen LogP) is 4.64. The Balaban J connectivity index is 2.07. The van der Waals surface area contributed by atoms with Crippen molar-refractivity contribution in [2.45, 2.75) is 25.4 Å². The first kappa shape index (κ1) is 17.3. The number of nitrogens with zero attached hydrogens (tertiary/aromatic N) is 2. The molecule has 128 valence electrons. The van der Waals surface area contributed by atoms with Crippen molar-refractivity contribution in [2.24, 2.45) is 5.73 Å². The highest BCUT2D eigenvalue weighted by atomic mass is 35.5. The van der Waals surface area contributed by atoms with E-state index in [4.69, 9.17) is 33.4 Å². The minimum atomic E-state index is -3.45. The topological polar surface area (TPSA) is 77.0 Å². The van der Waals surface area contributed by atoms with Gasteiger partial charge >= 0.3 is 5.92 Å². The Labute approximate surface area is 149 Å². The lowest BCUT2D eigenvalue weighted by Gasteiger charge is -2.17. The largest absolute Gasteiger partial charge is 0.447 e. The number of hydrogen-bond acceptors (Lipinski definition) is 6. The number of thiophene rings is 1. The second kappa shape index (κ2) is 6.44. The van der Waals surface area contributed by atoms with E-state index in [1.807, 2.05) is 17.5 Å². The fourth-order valence-corrected chi connectivity index (χ4v) is 3.15. The number of alkyl halides is 2. The molecule has 5 nitrogen and oxygen atoms in total. The number of anilines is 1. The molecule has 3 N–H and O–H groups in total. The summed E-state index contributed by atoms with van der Waals surface area (Å²) in [7, 11) is 0. The molecule has 3 heterocycles. The van der Waals surface area contributed by atoms with Crippen LogP contribution in [0, 0.1) is 0 Å². The Morgan fingerprint density at radius 2 is 2.17 bits per heavy atom. The van der Waals surface area contributed by atoms with Gasteiger partial charge in [0.15, 0.2) is 17.2 Å². The zero-order valence-corrected chi connectivity index (χ0v) is 14.6.